The smallest absolute Gasteiger partial charge is 0.338 e. The van der Waals surface area contributed by atoms with Crippen LogP contribution in [0.4, 0.5) is 5.69 Å². The van der Waals surface area contributed by atoms with E-state index in [1.807, 2.05) is 6.92 Å². The summed E-state index contributed by atoms with van der Waals surface area (Å²) in [6.45, 7) is 4.46. The second kappa shape index (κ2) is 7.97. The van der Waals surface area contributed by atoms with Crippen molar-refractivity contribution in [3.05, 3.63) is 29.3 Å². The number of esters is 1. The number of hydrogen-bond acceptors (Lipinski definition) is 5. The van der Waals surface area contributed by atoms with Crippen LogP contribution < -0.4 is 5.32 Å². The average molecular weight is 368 g/mol. The van der Waals surface area contributed by atoms with Gasteiger partial charge in [-0.25, -0.2) is 17.5 Å². The molecule has 8 heteroatoms. The van der Waals surface area contributed by atoms with Gasteiger partial charge in [0.05, 0.1) is 24.3 Å². The van der Waals surface area contributed by atoms with Crippen molar-refractivity contribution in [3.63, 3.8) is 0 Å². The maximum Gasteiger partial charge on any atom is 0.338 e. The predicted octanol–water partition coefficient (Wildman–Crippen LogP) is 1.78. The van der Waals surface area contributed by atoms with Gasteiger partial charge in [-0.2, -0.15) is 0 Å². The SMILES string of the molecule is CCOC(=O)c1ccc(C)c(NC(=O)[C@@H]2CCCN(S(C)(=O)=O)C2)c1. The fourth-order valence-corrected chi connectivity index (χ4v) is 3.70. The lowest BCUT2D eigenvalue weighted by atomic mass is 9.98. The van der Waals surface area contributed by atoms with Crippen LogP contribution in [0.3, 0.4) is 0 Å². The van der Waals surface area contributed by atoms with Crippen LogP contribution >= 0.6 is 0 Å². The molecule has 0 radical (unpaired) electrons. The Morgan fingerprint density at radius 3 is 2.72 bits per heavy atom. The van der Waals surface area contributed by atoms with Gasteiger partial charge >= 0.3 is 5.97 Å². The summed E-state index contributed by atoms with van der Waals surface area (Å²) >= 11 is 0. The topological polar surface area (TPSA) is 92.8 Å². The fraction of sp³-hybridized carbons (Fsp3) is 0.529. The normalized spacial score (nSPS) is 18.6. The predicted molar refractivity (Wildman–Crippen MR) is 94.9 cm³/mol. The van der Waals surface area contributed by atoms with Crippen molar-refractivity contribution in [1.29, 1.82) is 0 Å². The van der Waals surface area contributed by atoms with Crippen molar-refractivity contribution in [1.82, 2.24) is 4.31 Å². The lowest BCUT2D eigenvalue weighted by Crippen LogP contribution is -2.43. The number of benzene rings is 1. The minimum Gasteiger partial charge on any atom is -0.462 e. The summed E-state index contributed by atoms with van der Waals surface area (Å²) in [5.41, 5.74) is 1.72. The van der Waals surface area contributed by atoms with E-state index >= 15 is 0 Å². The summed E-state index contributed by atoms with van der Waals surface area (Å²) < 4.78 is 29.7. The number of sulfonamides is 1. The number of rotatable bonds is 5. The molecular weight excluding hydrogens is 344 g/mol. The quantitative estimate of drug-likeness (QED) is 0.800. The summed E-state index contributed by atoms with van der Waals surface area (Å²) in [4.78, 5) is 24.4. The van der Waals surface area contributed by atoms with E-state index in [1.165, 1.54) is 4.31 Å². The number of aryl methyl sites for hydroxylation is 1. The standard InChI is InChI=1S/C17H24N2O5S/c1-4-24-17(21)13-8-7-12(2)15(10-13)18-16(20)14-6-5-9-19(11-14)25(3,22)23/h7-8,10,14H,4-6,9,11H2,1-3H3,(H,18,20)/t14-/m1/s1. The zero-order chi connectivity index (χ0) is 18.6. The number of piperidine rings is 1. The Hall–Kier alpha value is -1.93. The highest BCUT2D eigenvalue weighted by Crippen LogP contribution is 2.23. The zero-order valence-electron chi connectivity index (χ0n) is 14.7. The van der Waals surface area contributed by atoms with Crippen molar-refractivity contribution >= 4 is 27.6 Å². The Morgan fingerprint density at radius 2 is 2.08 bits per heavy atom. The monoisotopic (exact) mass is 368 g/mol. The number of nitrogens with one attached hydrogen (secondary N) is 1. The molecule has 25 heavy (non-hydrogen) atoms. The van der Waals surface area contributed by atoms with Crippen molar-refractivity contribution in [2.75, 3.05) is 31.3 Å². The van der Waals surface area contributed by atoms with Crippen LogP contribution in [0, 0.1) is 12.8 Å². The largest absolute Gasteiger partial charge is 0.462 e. The summed E-state index contributed by atoms with van der Waals surface area (Å²) in [5, 5.41) is 2.82. The van der Waals surface area contributed by atoms with Gasteiger partial charge in [0.25, 0.3) is 0 Å². The molecular formula is C17H24N2O5S. The van der Waals surface area contributed by atoms with Crippen LogP contribution in [0.25, 0.3) is 0 Å². The van der Waals surface area contributed by atoms with Gasteiger partial charge in [0.2, 0.25) is 15.9 Å². The second-order valence-corrected chi connectivity index (χ2v) is 8.18. The van der Waals surface area contributed by atoms with Gasteiger partial charge in [-0.05, 0) is 44.4 Å². The summed E-state index contributed by atoms with van der Waals surface area (Å²) in [5.74, 6) is -1.09. The van der Waals surface area contributed by atoms with Crippen LogP contribution in [0.15, 0.2) is 18.2 Å². The van der Waals surface area contributed by atoms with Gasteiger partial charge in [-0.15, -0.1) is 0 Å². The number of carbonyl (C=O) groups excluding carboxylic acids is 2. The van der Waals surface area contributed by atoms with Gasteiger partial charge in [0.1, 0.15) is 0 Å². The van der Waals surface area contributed by atoms with Gasteiger partial charge in [-0.3, -0.25) is 4.79 Å². The molecule has 2 rings (SSSR count). The van der Waals surface area contributed by atoms with Gasteiger partial charge in [-0.1, -0.05) is 6.07 Å². The maximum atomic E-state index is 12.6. The van der Waals surface area contributed by atoms with Crippen molar-refractivity contribution in [3.8, 4) is 0 Å². The third-order valence-electron chi connectivity index (χ3n) is 4.23. The molecule has 138 valence electrons. The molecule has 0 spiro atoms. The lowest BCUT2D eigenvalue weighted by Gasteiger charge is -2.30. The van der Waals surface area contributed by atoms with Gasteiger partial charge in [0, 0.05) is 18.8 Å². The van der Waals surface area contributed by atoms with Crippen LogP contribution in [-0.4, -0.2) is 50.6 Å². The van der Waals surface area contributed by atoms with Crippen LogP contribution in [0.5, 0.6) is 0 Å². The number of amides is 1. The van der Waals surface area contributed by atoms with Crippen molar-refractivity contribution in [2.45, 2.75) is 26.7 Å². The minimum atomic E-state index is -3.31. The molecule has 1 aliphatic rings. The first-order chi connectivity index (χ1) is 11.7. The molecule has 1 N–H and O–H groups in total. The molecule has 1 heterocycles. The molecule has 1 atom stereocenters. The molecule has 7 nitrogen and oxygen atoms in total. The van der Waals surface area contributed by atoms with E-state index in [0.717, 1.165) is 11.8 Å². The summed E-state index contributed by atoms with van der Waals surface area (Å²) in [6.07, 6.45) is 2.43. The molecule has 0 unspecified atom stereocenters. The Bertz CT molecular complexity index is 760. The summed E-state index contributed by atoms with van der Waals surface area (Å²) in [7, 11) is -3.31. The van der Waals surface area contributed by atoms with Gasteiger partial charge in [0.15, 0.2) is 0 Å². The van der Waals surface area contributed by atoms with Crippen molar-refractivity contribution in [2.24, 2.45) is 5.92 Å². The molecule has 1 aliphatic heterocycles. The van der Waals surface area contributed by atoms with Crippen LogP contribution in [0.1, 0.15) is 35.7 Å². The molecule has 0 aliphatic carbocycles. The van der Waals surface area contributed by atoms with Crippen molar-refractivity contribution < 1.29 is 22.7 Å². The van der Waals surface area contributed by atoms with E-state index < -0.39 is 21.9 Å². The number of anilines is 1. The lowest BCUT2D eigenvalue weighted by molar-refractivity contribution is -0.120. The highest BCUT2D eigenvalue weighted by atomic mass is 32.2. The molecule has 1 fully saturated rings. The van der Waals surface area contributed by atoms with E-state index in [-0.39, 0.29) is 19.1 Å². The number of hydrogen-bond donors (Lipinski definition) is 1. The second-order valence-electron chi connectivity index (χ2n) is 6.20. The molecule has 0 bridgehead atoms. The Labute approximate surface area is 148 Å². The van der Waals surface area contributed by atoms with Gasteiger partial charge < -0.3 is 10.1 Å². The number of nitrogens with zero attached hydrogens (tertiary/aromatic N) is 1. The molecule has 1 aromatic rings. The first kappa shape index (κ1) is 19.4. The maximum absolute atomic E-state index is 12.6. The molecule has 0 aromatic heterocycles. The van der Waals surface area contributed by atoms with E-state index in [0.29, 0.717) is 30.6 Å². The van der Waals surface area contributed by atoms with Crippen LogP contribution in [-0.2, 0) is 19.6 Å². The highest BCUT2D eigenvalue weighted by Gasteiger charge is 2.30. The Kier molecular flexibility index (Phi) is 6.18. The first-order valence-corrected chi connectivity index (χ1v) is 10.1. The third-order valence-corrected chi connectivity index (χ3v) is 5.50. The molecule has 1 amide bonds. The zero-order valence-corrected chi connectivity index (χ0v) is 15.6. The van der Waals surface area contributed by atoms with Crippen LogP contribution in [0.2, 0.25) is 0 Å². The highest BCUT2D eigenvalue weighted by molar-refractivity contribution is 7.88. The third kappa shape index (κ3) is 5.02. The molecule has 1 aromatic carbocycles. The van der Waals surface area contributed by atoms with E-state index in [2.05, 4.69) is 5.32 Å². The molecule has 0 saturated carbocycles. The molecule has 1 saturated heterocycles. The summed E-state index contributed by atoms with van der Waals surface area (Å²) in [6, 6.07) is 4.98. The van der Waals surface area contributed by atoms with E-state index in [1.54, 1.807) is 25.1 Å². The number of carbonyl (C=O) groups is 2. The minimum absolute atomic E-state index is 0.182. The number of ether oxygens (including phenoxy) is 1. The average Bonchev–Trinajstić information content (AvgIpc) is 2.56. The van der Waals surface area contributed by atoms with E-state index in [4.69, 9.17) is 4.74 Å². The Morgan fingerprint density at radius 1 is 1.36 bits per heavy atom. The first-order valence-electron chi connectivity index (χ1n) is 8.26. The van der Waals surface area contributed by atoms with E-state index in [9.17, 15) is 18.0 Å². The fourth-order valence-electron chi connectivity index (χ4n) is 2.79. The Balaban J connectivity index is 2.12.